The summed E-state index contributed by atoms with van der Waals surface area (Å²) >= 11 is 0. The van der Waals surface area contributed by atoms with Gasteiger partial charge >= 0.3 is 0 Å². The molecular formula is C23H21N2O2+. The Balaban J connectivity index is 1.82. The number of hydrogen-bond acceptors (Lipinski definition) is 2. The van der Waals surface area contributed by atoms with Crippen LogP contribution in [0.5, 0.6) is 5.75 Å². The van der Waals surface area contributed by atoms with Crippen LogP contribution in [0, 0.1) is 6.54 Å². The first-order valence-electron chi connectivity index (χ1n) is 8.79. The number of fused-ring (bicyclic) bond motifs is 3. The zero-order valence-electron chi connectivity index (χ0n) is 15.0. The molecule has 0 saturated carbocycles. The molecule has 4 nitrogen and oxygen atoms in total. The first kappa shape index (κ1) is 16.9. The monoisotopic (exact) mass is 357 g/mol. The highest BCUT2D eigenvalue weighted by Crippen LogP contribution is 2.31. The quantitative estimate of drug-likeness (QED) is 0.505. The maximum atomic E-state index is 5.90. The molecule has 0 amide bonds. The summed E-state index contributed by atoms with van der Waals surface area (Å²) in [5.41, 5.74) is 3.74. The Morgan fingerprint density at radius 3 is 2.59 bits per heavy atom. The maximum absolute atomic E-state index is 5.90. The standard InChI is InChI=1S/C23H21N2O2/c1-24-15-18-9-3-7-13-22(18)26-17-27-23-14-8-4-10-19(23)16-25(2)21-12-6-5-11-20(21)24/h3-7,9-16H,1-2,8,17H2/q+1. The minimum Gasteiger partial charge on any atom is -0.494 e. The van der Waals surface area contributed by atoms with Gasteiger partial charge < -0.3 is 9.47 Å². The Morgan fingerprint density at radius 2 is 1.70 bits per heavy atom. The lowest BCUT2D eigenvalue weighted by atomic mass is 10.1. The number of ether oxygens (including phenoxy) is 2. The molecule has 0 saturated heterocycles. The van der Waals surface area contributed by atoms with Gasteiger partial charge in [0.15, 0.2) is 6.20 Å². The van der Waals surface area contributed by atoms with Gasteiger partial charge in [-0.15, -0.1) is 6.07 Å². The molecule has 0 unspecified atom stereocenters. The SMILES string of the molecule is C=[N+]1C=C2C=CCC=C2OCOc2ccccc2[CH-][N+](=C)c2ccccc21. The van der Waals surface area contributed by atoms with Crippen LogP contribution < -0.4 is 4.74 Å². The molecule has 1 aliphatic heterocycles. The maximum Gasteiger partial charge on any atom is 0.248 e. The van der Waals surface area contributed by atoms with Crippen LogP contribution in [-0.4, -0.2) is 29.4 Å². The topological polar surface area (TPSA) is 24.5 Å². The lowest BCUT2D eigenvalue weighted by molar-refractivity contribution is -0.404. The molecule has 27 heavy (non-hydrogen) atoms. The number of allylic oxidation sites excluding steroid dienone is 3. The first-order valence-corrected chi connectivity index (χ1v) is 8.79. The van der Waals surface area contributed by atoms with E-state index in [2.05, 4.69) is 19.5 Å². The fraction of sp³-hybridized carbons (Fsp3) is 0.0870. The van der Waals surface area contributed by atoms with Gasteiger partial charge in [0.05, 0.1) is 18.0 Å². The molecule has 0 fully saturated rings. The van der Waals surface area contributed by atoms with Crippen molar-refractivity contribution in [2.75, 3.05) is 6.79 Å². The van der Waals surface area contributed by atoms with E-state index in [1.165, 1.54) is 0 Å². The van der Waals surface area contributed by atoms with Crippen LogP contribution in [0.4, 0.5) is 11.4 Å². The van der Waals surface area contributed by atoms with Gasteiger partial charge in [0.25, 0.3) is 0 Å². The van der Waals surface area contributed by atoms with Crippen molar-refractivity contribution >= 4 is 24.8 Å². The summed E-state index contributed by atoms with van der Waals surface area (Å²) in [6.45, 7) is 10.5. The van der Waals surface area contributed by atoms with E-state index in [4.69, 9.17) is 9.47 Å². The summed E-state index contributed by atoms with van der Waals surface area (Å²) < 4.78 is 15.5. The van der Waals surface area contributed by atoms with Gasteiger partial charge in [-0.1, -0.05) is 36.4 Å². The molecule has 0 atom stereocenters. The predicted octanol–water partition coefficient (Wildman–Crippen LogP) is 4.68. The van der Waals surface area contributed by atoms with Crippen LogP contribution in [0.25, 0.3) is 0 Å². The second-order valence-corrected chi connectivity index (χ2v) is 6.29. The summed E-state index contributed by atoms with van der Waals surface area (Å²) in [6, 6.07) is 15.8. The number of para-hydroxylation sites is 3. The summed E-state index contributed by atoms with van der Waals surface area (Å²) in [5.74, 6) is 1.53. The largest absolute Gasteiger partial charge is 0.494 e. The average Bonchev–Trinajstić information content (AvgIpc) is 2.70. The second-order valence-electron chi connectivity index (χ2n) is 6.29. The van der Waals surface area contributed by atoms with Crippen molar-refractivity contribution < 1.29 is 18.6 Å². The smallest absolute Gasteiger partial charge is 0.248 e. The van der Waals surface area contributed by atoms with E-state index in [-0.39, 0.29) is 6.79 Å². The molecule has 1 heterocycles. The van der Waals surface area contributed by atoms with Crippen LogP contribution in [0.15, 0.2) is 84.3 Å². The molecule has 4 heteroatoms. The summed E-state index contributed by atoms with van der Waals surface area (Å²) in [6.07, 6.45) is 8.96. The molecule has 2 aliphatic rings. The van der Waals surface area contributed by atoms with Crippen LogP contribution in [-0.2, 0) is 4.74 Å². The van der Waals surface area contributed by atoms with E-state index in [1.807, 2.05) is 82.6 Å². The Bertz CT molecular complexity index is 999. The molecule has 134 valence electrons. The first-order chi connectivity index (χ1) is 13.2. The van der Waals surface area contributed by atoms with Gasteiger partial charge in [0.2, 0.25) is 18.2 Å². The minimum absolute atomic E-state index is 0.128. The molecular weight excluding hydrogens is 336 g/mol. The van der Waals surface area contributed by atoms with Crippen LogP contribution in [0.3, 0.4) is 0 Å². The molecule has 1 aliphatic carbocycles. The van der Waals surface area contributed by atoms with Gasteiger partial charge in [-0.25, -0.2) is 0 Å². The molecule has 2 aromatic rings. The highest BCUT2D eigenvalue weighted by atomic mass is 16.7. The minimum atomic E-state index is 0.128. The Labute approximate surface area is 159 Å². The van der Waals surface area contributed by atoms with Gasteiger partial charge in [-0.05, 0) is 30.2 Å². The fourth-order valence-corrected chi connectivity index (χ4v) is 3.12. The molecule has 0 bridgehead atoms. The average molecular weight is 357 g/mol. The molecule has 0 aromatic heterocycles. The van der Waals surface area contributed by atoms with Crippen LogP contribution >= 0.6 is 0 Å². The fourth-order valence-electron chi connectivity index (χ4n) is 3.12. The van der Waals surface area contributed by atoms with Crippen molar-refractivity contribution in [3.8, 4) is 5.75 Å². The highest BCUT2D eigenvalue weighted by Gasteiger charge is 2.20. The van der Waals surface area contributed by atoms with Crippen molar-refractivity contribution in [3.05, 3.63) is 96.4 Å². The van der Waals surface area contributed by atoms with Gasteiger partial charge in [0.1, 0.15) is 19.0 Å². The van der Waals surface area contributed by atoms with E-state index >= 15 is 0 Å². The van der Waals surface area contributed by atoms with Crippen molar-refractivity contribution in [3.63, 3.8) is 0 Å². The van der Waals surface area contributed by atoms with Gasteiger partial charge in [-0.3, -0.25) is 4.58 Å². The van der Waals surface area contributed by atoms with E-state index < -0.39 is 0 Å². The molecule has 0 spiro atoms. The van der Waals surface area contributed by atoms with Crippen molar-refractivity contribution in [2.45, 2.75) is 6.42 Å². The predicted molar refractivity (Wildman–Crippen MR) is 107 cm³/mol. The summed E-state index contributed by atoms with van der Waals surface area (Å²) in [5, 5.41) is 0. The zero-order chi connectivity index (χ0) is 18.6. The van der Waals surface area contributed by atoms with Gasteiger partial charge in [0, 0.05) is 6.07 Å². The van der Waals surface area contributed by atoms with Crippen molar-refractivity contribution in [1.82, 2.24) is 0 Å². The number of nitrogens with zero attached hydrogens (tertiary/aromatic N) is 2. The number of hydrogen-bond donors (Lipinski definition) is 0. The number of rotatable bonds is 0. The second kappa shape index (κ2) is 7.38. The Kier molecular flexibility index (Phi) is 4.62. The molecule has 2 aromatic carbocycles. The van der Waals surface area contributed by atoms with Crippen molar-refractivity contribution in [2.24, 2.45) is 0 Å². The zero-order valence-corrected chi connectivity index (χ0v) is 15.0. The third-order valence-electron chi connectivity index (χ3n) is 4.46. The Hall–Kier alpha value is -3.53. The molecule has 0 radical (unpaired) electrons. The lowest BCUT2D eigenvalue weighted by Crippen LogP contribution is -2.07. The van der Waals surface area contributed by atoms with Gasteiger partial charge in [-0.2, -0.15) is 4.58 Å². The summed E-state index contributed by atoms with van der Waals surface area (Å²) in [7, 11) is 0. The van der Waals surface area contributed by atoms with Crippen LogP contribution in [0.1, 0.15) is 12.0 Å². The Morgan fingerprint density at radius 1 is 0.926 bits per heavy atom. The van der Waals surface area contributed by atoms with E-state index in [0.717, 1.165) is 40.4 Å². The van der Waals surface area contributed by atoms with E-state index in [9.17, 15) is 0 Å². The summed E-state index contributed by atoms with van der Waals surface area (Å²) in [4.78, 5) is 0. The van der Waals surface area contributed by atoms with E-state index in [1.54, 1.807) is 0 Å². The van der Waals surface area contributed by atoms with Crippen molar-refractivity contribution in [1.29, 1.82) is 0 Å². The third kappa shape index (κ3) is 3.55. The van der Waals surface area contributed by atoms with Crippen LogP contribution in [0.2, 0.25) is 0 Å². The van der Waals surface area contributed by atoms with E-state index in [0.29, 0.717) is 0 Å². The third-order valence-corrected chi connectivity index (χ3v) is 4.46. The molecule has 4 rings (SSSR count). The molecule has 0 N–H and O–H groups in total. The normalized spacial score (nSPS) is 16.4. The number of benzene rings is 2. The lowest BCUT2D eigenvalue weighted by Gasteiger charge is -2.17. The highest BCUT2D eigenvalue weighted by molar-refractivity contribution is 5.56.